The van der Waals surface area contributed by atoms with Gasteiger partial charge in [-0.1, -0.05) is 158 Å². The highest BCUT2D eigenvalue weighted by atomic mass is 14.9. The summed E-state index contributed by atoms with van der Waals surface area (Å²) in [5.41, 5.74) is 12.9. The fraction of sp³-hybridized carbons (Fsp3) is 0. The first-order chi connectivity index (χ1) is 24.7. The summed E-state index contributed by atoms with van der Waals surface area (Å²) in [6, 6.07) is 62.7. The minimum absolute atomic E-state index is 0.709. The Kier molecular flexibility index (Phi) is 7.45. The molecule has 0 aliphatic carbocycles. The molecule has 234 valence electrons. The van der Waals surface area contributed by atoms with Crippen LogP contribution in [0.4, 0.5) is 0 Å². The van der Waals surface area contributed by atoms with Gasteiger partial charge in [0.15, 0.2) is 5.82 Å². The second-order valence-electron chi connectivity index (χ2n) is 12.3. The molecule has 0 aliphatic rings. The van der Waals surface area contributed by atoms with Crippen molar-refractivity contribution in [2.75, 3.05) is 0 Å². The van der Waals surface area contributed by atoms with Crippen molar-refractivity contribution in [3.63, 3.8) is 0 Å². The third kappa shape index (κ3) is 5.69. The van der Waals surface area contributed by atoms with Crippen molar-refractivity contribution < 1.29 is 0 Å². The van der Waals surface area contributed by atoms with E-state index in [4.69, 9.17) is 19.9 Å². The Morgan fingerprint density at radius 2 is 0.660 bits per heavy atom. The SMILES string of the molecule is c1ccc(-c2cc(-c3ccc(-c4cccc(-c5ccc6ccc7ccc(-c8ccccc8)nc7c6n5)c4)cc3)nc(-c3ccccc3)n2)cc1. The van der Waals surface area contributed by atoms with Crippen LogP contribution >= 0.6 is 0 Å². The average molecular weight is 639 g/mol. The summed E-state index contributed by atoms with van der Waals surface area (Å²) in [6.07, 6.45) is 0. The van der Waals surface area contributed by atoms with E-state index in [2.05, 4.69) is 127 Å². The Labute approximate surface area is 290 Å². The summed E-state index contributed by atoms with van der Waals surface area (Å²) in [4.78, 5) is 20.2. The lowest BCUT2D eigenvalue weighted by atomic mass is 9.99. The molecule has 0 radical (unpaired) electrons. The number of fused-ring (bicyclic) bond motifs is 3. The van der Waals surface area contributed by atoms with Crippen LogP contribution in [0.1, 0.15) is 0 Å². The molecule has 0 N–H and O–H groups in total. The van der Waals surface area contributed by atoms with Crippen molar-refractivity contribution in [1.29, 1.82) is 0 Å². The maximum absolute atomic E-state index is 5.19. The Balaban J connectivity index is 1.06. The fourth-order valence-corrected chi connectivity index (χ4v) is 6.46. The van der Waals surface area contributed by atoms with Crippen molar-refractivity contribution in [1.82, 2.24) is 19.9 Å². The number of nitrogens with zero attached hydrogens (tertiary/aromatic N) is 4. The van der Waals surface area contributed by atoms with E-state index < -0.39 is 0 Å². The van der Waals surface area contributed by atoms with Crippen LogP contribution in [0, 0.1) is 0 Å². The molecular weight excluding hydrogens is 609 g/mol. The van der Waals surface area contributed by atoms with E-state index in [1.807, 2.05) is 54.6 Å². The van der Waals surface area contributed by atoms with Gasteiger partial charge in [0.25, 0.3) is 0 Å². The van der Waals surface area contributed by atoms with Crippen molar-refractivity contribution in [2.45, 2.75) is 0 Å². The molecule has 0 saturated heterocycles. The predicted molar refractivity (Wildman–Crippen MR) is 205 cm³/mol. The van der Waals surface area contributed by atoms with Crippen molar-refractivity contribution in [3.05, 3.63) is 182 Å². The summed E-state index contributed by atoms with van der Waals surface area (Å²) >= 11 is 0. The van der Waals surface area contributed by atoms with Gasteiger partial charge >= 0.3 is 0 Å². The highest BCUT2D eigenvalue weighted by Crippen LogP contribution is 2.32. The molecule has 3 aromatic heterocycles. The van der Waals surface area contributed by atoms with E-state index in [1.165, 1.54) is 0 Å². The Morgan fingerprint density at radius 1 is 0.240 bits per heavy atom. The molecule has 50 heavy (non-hydrogen) atoms. The standard InChI is InChI=1S/C46H30N4/c1-4-11-32(12-5-1)40-27-25-35-23-24-36-26-28-41(48-45(36)44(35)47-40)39-18-10-17-38(29-39)31-19-21-34(22-20-31)43-30-42(33-13-6-2-7-14-33)49-46(50-43)37-15-8-3-9-16-37/h1-30H. The van der Waals surface area contributed by atoms with Crippen LogP contribution in [0.25, 0.3) is 89.4 Å². The van der Waals surface area contributed by atoms with E-state index in [0.29, 0.717) is 5.82 Å². The van der Waals surface area contributed by atoms with Gasteiger partial charge in [0.2, 0.25) is 0 Å². The molecule has 3 heterocycles. The first kappa shape index (κ1) is 29.4. The molecule has 0 atom stereocenters. The number of hydrogen-bond donors (Lipinski definition) is 0. The number of hydrogen-bond acceptors (Lipinski definition) is 4. The fourth-order valence-electron chi connectivity index (χ4n) is 6.46. The smallest absolute Gasteiger partial charge is 0.160 e. The monoisotopic (exact) mass is 638 g/mol. The van der Waals surface area contributed by atoms with Crippen LogP contribution in [0.2, 0.25) is 0 Å². The molecule has 9 rings (SSSR count). The van der Waals surface area contributed by atoms with Gasteiger partial charge in [-0.15, -0.1) is 0 Å². The van der Waals surface area contributed by atoms with Crippen molar-refractivity contribution in [2.24, 2.45) is 0 Å². The molecule has 4 nitrogen and oxygen atoms in total. The van der Waals surface area contributed by atoms with Crippen LogP contribution in [0.5, 0.6) is 0 Å². The van der Waals surface area contributed by atoms with Gasteiger partial charge in [0.1, 0.15) is 0 Å². The molecule has 4 heteroatoms. The maximum atomic E-state index is 5.19. The highest BCUT2D eigenvalue weighted by Gasteiger charge is 2.12. The third-order valence-electron chi connectivity index (χ3n) is 9.09. The quantitative estimate of drug-likeness (QED) is 0.170. The van der Waals surface area contributed by atoms with E-state index in [9.17, 15) is 0 Å². The van der Waals surface area contributed by atoms with E-state index in [-0.39, 0.29) is 0 Å². The number of aromatic nitrogens is 4. The highest BCUT2D eigenvalue weighted by molar-refractivity contribution is 6.04. The first-order valence-electron chi connectivity index (χ1n) is 16.7. The van der Waals surface area contributed by atoms with Crippen LogP contribution in [0.3, 0.4) is 0 Å². The second-order valence-corrected chi connectivity index (χ2v) is 12.3. The van der Waals surface area contributed by atoms with Gasteiger partial charge < -0.3 is 0 Å². The van der Waals surface area contributed by atoms with E-state index in [0.717, 1.165) is 83.5 Å². The lowest BCUT2D eigenvalue weighted by molar-refractivity contribution is 1.18. The molecule has 0 spiro atoms. The molecule has 0 bridgehead atoms. The number of benzene rings is 6. The maximum Gasteiger partial charge on any atom is 0.160 e. The largest absolute Gasteiger partial charge is 0.245 e. The minimum atomic E-state index is 0.709. The van der Waals surface area contributed by atoms with Gasteiger partial charge in [0, 0.05) is 38.6 Å². The third-order valence-corrected chi connectivity index (χ3v) is 9.09. The topological polar surface area (TPSA) is 51.6 Å². The lowest BCUT2D eigenvalue weighted by Crippen LogP contribution is -1.95. The molecule has 0 unspecified atom stereocenters. The average Bonchev–Trinajstić information content (AvgIpc) is 3.21. The lowest BCUT2D eigenvalue weighted by Gasteiger charge is -2.11. The zero-order valence-corrected chi connectivity index (χ0v) is 27.1. The summed E-state index contributed by atoms with van der Waals surface area (Å²) in [7, 11) is 0. The number of pyridine rings is 2. The van der Waals surface area contributed by atoms with Gasteiger partial charge in [0.05, 0.1) is 33.8 Å². The van der Waals surface area contributed by atoms with Crippen molar-refractivity contribution >= 4 is 21.8 Å². The van der Waals surface area contributed by atoms with Crippen LogP contribution in [-0.4, -0.2) is 19.9 Å². The molecule has 0 saturated carbocycles. The Hall–Kier alpha value is -6.78. The second kappa shape index (κ2) is 12.7. The molecule has 0 fully saturated rings. The molecular formula is C46H30N4. The zero-order valence-electron chi connectivity index (χ0n) is 27.1. The van der Waals surface area contributed by atoms with Crippen LogP contribution in [-0.2, 0) is 0 Å². The molecule has 9 aromatic rings. The van der Waals surface area contributed by atoms with Crippen LogP contribution < -0.4 is 0 Å². The van der Waals surface area contributed by atoms with Gasteiger partial charge in [-0.3, -0.25) is 0 Å². The van der Waals surface area contributed by atoms with Gasteiger partial charge in [-0.05, 0) is 35.4 Å². The first-order valence-corrected chi connectivity index (χ1v) is 16.7. The Morgan fingerprint density at radius 3 is 1.24 bits per heavy atom. The summed E-state index contributed by atoms with van der Waals surface area (Å²) in [5, 5.41) is 2.15. The van der Waals surface area contributed by atoms with Crippen LogP contribution in [0.15, 0.2) is 182 Å². The molecule has 0 amide bonds. The molecule has 0 aliphatic heterocycles. The van der Waals surface area contributed by atoms with E-state index >= 15 is 0 Å². The van der Waals surface area contributed by atoms with E-state index in [1.54, 1.807) is 0 Å². The Bertz CT molecular complexity index is 2560. The zero-order chi connectivity index (χ0) is 33.3. The molecule has 6 aromatic carbocycles. The summed E-state index contributed by atoms with van der Waals surface area (Å²) in [5.74, 6) is 0.709. The summed E-state index contributed by atoms with van der Waals surface area (Å²) < 4.78 is 0. The normalized spacial score (nSPS) is 11.2. The summed E-state index contributed by atoms with van der Waals surface area (Å²) in [6.45, 7) is 0. The van der Waals surface area contributed by atoms with Gasteiger partial charge in [-0.25, -0.2) is 19.9 Å². The number of rotatable bonds is 6. The van der Waals surface area contributed by atoms with Gasteiger partial charge in [-0.2, -0.15) is 0 Å². The predicted octanol–water partition coefficient (Wildman–Crippen LogP) is 11.6. The minimum Gasteiger partial charge on any atom is -0.245 e. The van der Waals surface area contributed by atoms with Crippen molar-refractivity contribution in [3.8, 4) is 67.5 Å².